The van der Waals surface area contributed by atoms with Gasteiger partial charge in [-0.05, 0) is 95.4 Å². The Bertz CT molecular complexity index is 1140. The van der Waals surface area contributed by atoms with Crippen LogP contribution in [0.5, 0.6) is 0 Å². The van der Waals surface area contributed by atoms with Crippen LogP contribution < -0.4 is 10.6 Å². The van der Waals surface area contributed by atoms with Crippen molar-refractivity contribution in [2.75, 3.05) is 10.6 Å². The highest BCUT2D eigenvalue weighted by Gasteiger charge is 2.31. The molecule has 0 aliphatic heterocycles. The van der Waals surface area contributed by atoms with Gasteiger partial charge in [-0.2, -0.15) is 0 Å². The third-order valence-corrected chi connectivity index (χ3v) is 7.79. The van der Waals surface area contributed by atoms with E-state index in [-0.39, 0.29) is 18.0 Å². The first-order valence-corrected chi connectivity index (χ1v) is 12.8. The molecule has 2 saturated carbocycles. The first-order chi connectivity index (χ1) is 16.8. The lowest BCUT2D eigenvalue weighted by molar-refractivity contribution is -0.000403. The fourth-order valence-electron chi connectivity index (χ4n) is 5.67. The average molecular weight is 482 g/mol. The number of hydrogen-bond donors (Lipinski definition) is 4. The molecule has 0 saturated heterocycles. The fraction of sp³-hybridized carbons (Fsp3) is 0.556. The first-order valence-electron chi connectivity index (χ1n) is 12.8. The van der Waals surface area contributed by atoms with E-state index < -0.39 is 5.60 Å². The van der Waals surface area contributed by atoms with Crippen molar-refractivity contribution in [3.05, 3.63) is 42.3 Å². The zero-order valence-corrected chi connectivity index (χ0v) is 20.5. The maximum atomic E-state index is 13.4. The van der Waals surface area contributed by atoms with E-state index in [1.165, 1.54) is 12.1 Å². The Hall–Kier alpha value is -2.71. The minimum atomic E-state index is -0.629. The molecule has 2 heterocycles. The molecular formula is C27H36FN5O2. The third kappa shape index (κ3) is 5.43. The summed E-state index contributed by atoms with van der Waals surface area (Å²) in [6, 6.07) is 8.90. The second-order valence-corrected chi connectivity index (χ2v) is 10.8. The molecule has 188 valence electrons. The van der Waals surface area contributed by atoms with E-state index in [0.717, 1.165) is 73.9 Å². The van der Waals surface area contributed by atoms with Crippen LogP contribution in [0.1, 0.15) is 71.3 Å². The fourth-order valence-corrected chi connectivity index (χ4v) is 5.67. The van der Waals surface area contributed by atoms with Gasteiger partial charge in [-0.3, -0.25) is 0 Å². The molecule has 4 N–H and O–H groups in total. The Kier molecular flexibility index (Phi) is 6.68. The number of imidazole rings is 1. The largest absolute Gasteiger partial charge is 0.393 e. The molecule has 0 bridgehead atoms. The average Bonchev–Trinajstić information content (AvgIpc) is 3.18. The molecule has 0 amide bonds. The number of pyridine rings is 1. The van der Waals surface area contributed by atoms with Crippen LogP contribution in [-0.4, -0.2) is 42.5 Å². The van der Waals surface area contributed by atoms with Gasteiger partial charge in [0.15, 0.2) is 0 Å². The van der Waals surface area contributed by atoms with E-state index in [9.17, 15) is 14.6 Å². The van der Waals surface area contributed by atoms with Gasteiger partial charge in [-0.15, -0.1) is 0 Å². The summed E-state index contributed by atoms with van der Waals surface area (Å²) in [6.07, 6.45) is 8.85. The summed E-state index contributed by atoms with van der Waals surface area (Å²) in [5.74, 6) is 1.59. The van der Waals surface area contributed by atoms with E-state index >= 15 is 0 Å². The van der Waals surface area contributed by atoms with E-state index in [4.69, 9.17) is 4.98 Å². The van der Waals surface area contributed by atoms with E-state index in [1.807, 2.05) is 20.0 Å². The van der Waals surface area contributed by atoms with Crippen molar-refractivity contribution in [3.63, 3.8) is 0 Å². The summed E-state index contributed by atoms with van der Waals surface area (Å²) in [6.45, 7) is 3.81. The zero-order chi connectivity index (χ0) is 24.6. The minimum Gasteiger partial charge on any atom is -0.393 e. The molecule has 3 aromatic rings. The zero-order valence-electron chi connectivity index (χ0n) is 20.5. The maximum Gasteiger partial charge on any atom is 0.208 e. The topological polar surface area (TPSA) is 95.2 Å². The first kappa shape index (κ1) is 24.0. The number of aromatic nitrogens is 3. The van der Waals surface area contributed by atoms with E-state index in [0.29, 0.717) is 17.9 Å². The van der Waals surface area contributed by atoms with Gasteiger partial charge >= 0.3 is 0 Å². The van der Waals surface area contributed by atoms with Crippen LogP contribution in [0.25, 0.3) is 11.0 Å². The van der Waals surface area contributed by atoms with Crippen LogP contribution in [0.4, 0.5) is 21.8 Å². The summed E-state index contributed by atoms with van der Waals surface area (Å²) in [5, 5.41) is 27.4. The number of benzene rings is 1. The molecule has 2 aromatic heterocycles. The van der Waals surface area contributed by atoms with Crippen LogP contribution in [0.3, 0.4) is 0 Å². The molecule has 35 heavy (non-hydrogen) atoms. The molecule has 2 aliphatic rings. The molecule has 0 radical (unpaired) electrons. The highest BCUT2D eigenvalue weighted by molar-refractivity contribution is 5.81. The van der Waals surface area contributed by atoms with Crippen LogP contribution >= 0.6 is 0 Å². The third-order valence-electron chi connectivity index (χ3n) is 7.79. The number of nitrogens with one attached hydrogen (secondary N) is 2. The number of rotatable bonds is 6. The SMILES string of the molecule is CC(C)(O)C1CCC(Nc2cc3c(cn2)nc(Nc2ccc(F)cc2)n3C2CCC(O)CC2)CC1. The van der Waals surface area contributed by atoms with Crippen molar-refractivity contribution in [1.82, 2.24) is 14.5 Å². The maximum absolute atomic E-state index is 13.4. The van der Waals surface area contributed by atoms with Gasteiger partial charge in [0.25, 0.3) is 0 Å². The van der Waals surface area contributed by atoms with Gasteiger partial charge in [-0.25, -0.2) is 14.4 Å². The predicted octanol–water partition coefficient (Wildman–Crippen LogP) is 5.53. The Morgan fingerprint density at radius 1 is 1.00 bits per heavy atom. The molecule has 0 atom stereocenters. The monoisotopic (exact) mass is 481 g/mol. The van der Waals surface area contributed by atoms with Gasteiger partial charge in [0.2, 0.25) is 5.95 Å². The quantitative estimate of drug-likeness (QED) is 0.370. The van der Waals surface area contributed by atoms with Crippen molar-refractivity contribution >= 4 is 28.5 Å². The standard InChI is InChI=1S/C27H36FN5O2/c1-27(2,35)17-3-7-19(8-4-17)30-25-15-24-23(16-29-25)32-26(31-20-9-5-18(28)6-10-20)33(24)21-11-13-22(34)14-12-21/h5-6,9-10,15-17,19,21-22,34-35H,3-4,7-8,11-14H2,1-2H3,(H,29,30)(H,31,32). The number of halogens is 1. The summed E-state index contributed by atoms with van der Waals surface area (Å²) >= 11 is 0. The molecular weight excluding hydrogens is 445 g/mol. The van der Waals surface area contributed by atoms with Crippen LogP contribution in [-0.2, 0) is 0 Å². The summed E-state index contributed by atoms with van der Waals surface area (Å²) < 4.78 is 15.6. The Morgan fingerprint density at radius 2 is 1.69 bits per heavy atom. The summed E-state index contributed by atoms with van der Waals surface area (Å²) in [5.41, 5.74) is 1.94. The lowest BCUT2D eigenvalue weighted by atomic mass is 9.77. The summed E-state index contributed by atoms with van der Waals surface area (Å²) in [7, 11) is 0. The van der Waals surface area contributed by atoms with Crippen molar-refractivity contribution in [3.8, 4) is 0 Å². The molecule has 0 unspecified atom stereocenters. The number of hydrogen-bond acceptors (Lipinski definition) is 6. The molecule has 2 fully saturated rings. The van der Waals surface area contributed by atoms with Crippen molar-refractivity contribution in [1.29, 1.82) is 0 Å². The molecule has 5 rings (SSSR count). The van der Waals surface area contributed by atoms with Crippen LogP contribution in [0.2, 0.25) is 0 Å². The molecule has 7 nitrogen and oxygen atoms in total. The molecule has 8 heteroatoms. The lowest BCUT2D eigenvalue weighted by Gasteiger charge is -2.36. The van der Waals surface area contributed by atoms with Crippen molar-refractivity contribution in [2.45, 2.75) is 89.0 Å². The molecule has 1 aromatic carbocycles. The van der Waals surface area contributed by atoms with Crippen LogP contribution in [0.15, 0.2) is 36.5 Å². The predicted molar refractivity (Wildman–Crippen MR) is 136 cm³/mol. The van der Waals surface area contributed by atoms with Gasteiger partial charge in [0.1, 0.15) is 17.2 Å². The second-order valence-electron chi connectivity index (χ2n) is 10.8. The number of nitrogens with zero attached hydrogens (tertiary/aromatic N) is 3. The number of anilines is 3. The normalized spacial score (nSPS) is 25.5. The van der Waals surface area contributed by atoms with Gasteiger partial charge in [0, 0.05) is 23.8 Å². The lowest BCUT2D eigenvalue weighted by Crippen LogP contribution is -2.37. The van der Waals surface area contributed by atoms with Gasteiger partial charge in [0.05, 0.1) is 23.4 Å². The highest BCUT2D eigenvalue weighted by Crippen LogP contribution is 2.37. The van der Waals surface area contributed by atoms with Crippen molar-refractivity contribution in [2.24, 2.45) is 5.92 Å². The van der Waals surface area contributed by atoms with Crippen LogP contribution in [0, 0.1) is 11.7 Å². The smallest absolute Gasteiger partial charge is 0.208 e. The number of aliphatic hydroxyl groups excluding tert-OH is 1. The molecule has 0 spiro atoms. The van der Waals surface area contributed by atoms with E-state index in [1.54, 1.807) is 12.1 Å². The Balaban J connectivity index is 1.41. The number of fused-ring (bicyclic) bond motifs is 1. The van der Waals surface area contributed by atoms with Gasteiger partial charge < -0.3 is 25.4 Å². The van der Waals surface area contributed by atoms with Crippen molar-refractivity contribution < 1.29 is 14.6 Å². The minimum absolute atomic E-state index is 0.212. The molecule has 2 aliphatic carbocycles. The summed E-state index contributed by atoms with van der Waals surface area (Å²) in [4.78, 5) is 9.47. The van der Waals surface area contributed by atoms with E-state index in [2.05, 4.69) is 26.3 Å². The number of aliphatic hydroxyl groups is 2. The van der Waals surface area contributed by atoms with Gasteiger partial charge in [-0.1, -0.05) is 0 Å². The highest BCUT2D eigenvalue weighted by atomic mass is 19.1. The second kappa shape index (κ2) is 9.74. The Labute approximate surface area is 205 Å². The Morgan fingerprint density at radius 3 is 2.34 bits per heavy atom.